The summed E-state index contributed by atoms with van der Waals surface area (Å²) in [4.78, 5) is 18.0. The maximum Gasteiger partial charge on any atom is 0.260 e. The summed E-state index contributed by atoms with van der Waals surface area (Å²) in [5, 5.41) is 0.477. The van der Waals surface area contributed by atoms with Crippen molar-refractivity contribution in [2.75, 3.05) is 19.7 Å². The van der Waals surface area contributed by atoms with E-state index in [1.165, 1.54) is 0 Å². The van der Waals surface area contributed by atoms with Crippen molar-refractivity contribution < 1.29 is 14.3 Å². The predicted octanol–water partition coefficient (Wildman–Crippen LogP) is 3.10. The molecule has 0 N–H and O–H groups in total. The summed E-state index contributed by atoms with van der Waals surface area (Å²) in [6, 6.07) is 9.39. The molecule has 1 aliphatic heterocycles. The molecule has 2 aromatic rings. The van der Waals surface area contributed by atoms with E-state index in [0.29, 0.717) is 23.9 Å². The molecular formula is C18H19ClN2O3. The fraction of sp³-hybridized carbons (Fsp3) is 0.333. The fourth-order valence-electron chi connectivity index (χ4n) is 2.64. The van der Waals surface area contributed by atoms with Crippen LogP contribution >= 0.6 is 11.6 Å². The van der Waals surface area contributed by atoms with Crippen LogP contribution in [0, 0.1) is 6.92 Å². The van der Waals surface area contributed by atoms with E-state index in [9.17, 15) is 4.79 Å². The third-order valence-corrected chi connectivity index (χ3v) is 4.26. The van der Waals surface area contributed by atoms with Crippen molar-refractivity contribution in [1.29, 1.82) is 0 Å². The second kappa shape index (κ2) is 7.53. The molecule has 1 amide bonds. The molecular weight excluding hydrogens is 328 g/mol. The van der Waals surface area contributed by atoms with Crippen molar-refractivity contribution >= 4 is 17.5 Å². The van der Waals surface area contributed by atoms with Gasteiger partial charge in [-0.1, -0.05) is 29.8 Å². The third-order valence-electron chi connectivity index (χ3n) is 3.97. The number of hydrogen-bond acceptors (Lipinski definition) is 4. The lowest BCUT2D eigenvalue weighted by Gasteiger charge is -2.18. The molecule has 1 aromatic heterocycles. The summed E-state index contributed by atoms with van der Waals surface area (Å²) in [5.41, 5.74) is 1.01. The average molecular weight is 347 g/mol. The highest BCUT2D eigenvalue weighted by Crippen LogP contribution is 2.25. The molecule has 0 bridgehead atoms. The first kappa shape index (κ1) is 16.6. The van der Waals surface area contributed by atoms with Gasteiger partial charge in [-0.05, 0) is 18.6 Å². The highest BCUT2D eigenvalue weighted by molar-refractivity contribution is 6.31. The van der Waals surface area contributed by atoms with Crippen LogP contribution in [0.3, 0.4) is 0 Å². The number of carbonyl (C=O) groups excluding carboxylic acids is 1. The molecule has 0 spiro atoms. The van der Waals surface area contributed by atoms with Crippen LogP contribution in [0.4, 0.5) is 0 Å². The van der Waals surface area contributed by atoms with Crippen molar-refractivity contribution in [3.05, 3.63) is 53.3 Å². The number of hydrogen-bond donors (Lipinski definition) is 0. The number of nitrogens with zero attached hydrogens (tertiary/aromatic N) is 2. The summed E-state index contributed by atoms with van der Waals surface area (Å²) in [6.45, 7) is 3.18. The van der Waals surface area contributed by atoms with Crippen LogP contribution in [0.1, 0.15) is 12.0 Å². The van der Waals surface area contributed by atoms with Crippen molar-refractivity contribution in [2.24, 2.45) is 0 Å². The van der Waals surface area contributed by atoms with E-state index >= 15 is 0 Å². The molecule has 3 rings (SSSR count). The SMILES string of the molecule is Cc1ccccc1OCC(=O)N1CC[C@@H](Oc2ccncc2Cl)C1. The van der Waals surface area contributed by atoms with Gasteiger partial charge < -0.3 is 14.4 Å². The van der Waals surface area contributed by atoms with Crippen molar-refractivity contribution in [1.82, 2.24) is 9.88 Å². The van der Waals surface area contributed by atoms with Crippen LogP contribution in [-0.2, 0) is 4.79 Å². The highest BCUT2D eigenvalue weighted by atomic mass is 35.5. The van der Waals surface area contributed by atoms with E-state index in [4.69, 9.17) is 21.1 Å². The monoisotopic (exact) mass is 346 g/mol. The number of aromatic nitrogens is 1. The smallest absolute Gasteiger partial charge is 0.260 e. The second-order valence-corrected chi connectivity index (χ2v) is 6.14. The Kier molecular flexibility index (Phi) is 5.20. The van der Waals surface area contributed by atoms with Gasteiger partial charge in [-0.25, -0.2) is 0 Å². The summed E-state index contributed by atoms with van der Waals surface area (Å²) in [7, 11) is 0. The van der Waals surface area contributed by atoms with Gasteiger partial charge in [-0.2, -0.15) is 0 Å². The topological polar surface area (TPSA) is 51.7 Å². The first-order valence-electron chi connectivity index (χ1n) is 7.86. The van der Waals surface area contributed by atoms with Crippen LogP contribution in [0.2, 0.25) is 5.02 Å². The normalized spacial score (nSPS) is 16.9. The van der Waals surface area contributed by atoms with E-state index in [2.05, 4.69) is 4.98 Å². The molecule has 5 nitrogen and oxygen atoms in total. The van der Waals surface area contributed by atoms with Crippen molar-refractivity contribution in [2.45, 2.75) is 19.4 Å². The molecule has 1 aromatic carbocycles. The van der Waals surface area contributed by atoms with E-state index in [0.717, 1.165) is 17.7 Å². The maximum atomic E-state index is 12.3. The first-order chi connectivity index (χ1) is 11.6. The second-order valence-electron chi connectivity index (χ2n) is 5.73. The molecule has 1 saturated heterocycles. The number of para-hydroxylation sites is 1. The molecule has 0 aliphatic carbocycles. The van der Waals surface area contributed by atoms with E-state index < -0.39 is 0 Å². The quantitative estimate of drug-likeness (QED) is 0.834. The molecule has 6 heteroatoms. The van der Waals surface area contributed by atoms with Gasteiger partial charge in [-0.3, -0.25) is 9.78 Å². The number of aryl methyl sites for hydroxylation is 1. The van der Waals surface area contributed by atoms with Crippen LogP contribution < -0.4 is 9.47 Å². The molecule has 126 valence electrons. The van der Waals surface area contributed by atoms with Gasteiger partial charge in [0.05, 0.1) is 6.54 Å². The summed E-state index contributed by atoms with van der Waals surface area (Å²) >= 11 is 6.05. The third kappa shape index (κ3) is 3.97. The lowest BCUT2D eigenvalue weighted by atomic mass is 10.2. The van der Waals surface area contributed by atoms with Crippen LogP contribution in [0.25, 0.3) is 0 Å². The van der Waals surface area contributed by atoms with E-state index in [1.54, 1.807) is 23.4 Å². The van der Waals surface area contributed by atoms with Gasteiger partial charge >= 0.3 is 0 Å². The Labute approximate surface area is 146 Å². The number of halogens is 1. The zero-order chi connectivity index (χ0) is 16.9. The summed E-state index contributed by atoms with van der Waals surface area (Å²) < 4.78 is 11.5. The number of benzene rings is 1. The molecule has 1 atom stereocenters. The number of pyridine rings is 1. The van der Waals surface area contributed by atoms with E-state index in [1.807, 2.05) is 31.2 Å². The largest absolute Gasteiger partial charge is 0.487 e. The molecule has 1 fully saturated rings. The van der Waals surface area contributed by atoms with Gasteiger partial charge in [0.15, 0.2) is 6.61 Å². The van der Waals surface area contributed by atoms with Gasteiger partial charge in [0.25, 0.3) is 5.91 Å². The minimum absolute atomic E-state index is 0.0353. The van der Waals surface area contributed by atoms with Crippen LogP contribution in [0.15, 0.2) is 42.7 Å². The first-order valence-corrected chi connectivity index (χ1v) is 8.23. The number of ether oxygens (including phenoxy) is 2. The molecule has 1 aliphatic rings. The molecule has 24 heavy (non-hydrogen) atoms. The molecule has 0 unspecified atom stereocenters. The number of carbonyl (C=O) groups is 1. The number of amides is 1. The number of rotatable bonds is 5. The summed E-state index contributed by atoms with van der Waals surface area (Å²) in [5.74, 6) is 1.30. The maximum absolute atomic E-state index is 12.3. The Balaban J connectivity index is 1.51. The van der Waals surface area contributed by atoms with E-state index in [-0.39, 0.29) is 18.6 Å². The Morgan fingerprint density at radius 2 is 2.17 bits per heavy atom. The fourth-order valence-corrected chi connectivity index (χ4v) is 2.80. The Morgan fingerprint density at radius 1 is 1.33 bits per heavy atom. The van der Waals surface area contributed by atoms with Gasteiger partial charge in [0.2, 0.25) is 0 Å². The van der Waals surface area contributed by atoms with Gasteiger partial charge in [0, 0.05) is 31.4 Å². The minimum atomic E-state index is -0.0627. The van der Waals surface area contributed by atoms with Crippen molar-refractivity contribution in [3.63, 3.8) is 0 Å². The minimum Gasteiger partial charge on any atom is -0.487 e. The lowest BCUT2D eigenvalue weighted by molar-refractivity contribution is -0.132. The predicted molar refractivity (Wildman–Crippen MR) is 91.5 cm³/mol. The van der Waals surface area contributed by atoms with Crippen molar-refractivity contribution in [3.8, 4) is 11.5 Å². The number of likely N-dealkylation sites (tertiary alicyclic amines) is 1. The molecule has 0 saturated carbocycles. The Bertz CT molecular complexity index is 723. The molecule has 0 radical (unpaired) electrons. The lowest BCUT2D eigenvalue weighted by Crippen LogP contribution is -2.34. The average Bonchev–Trinajstić information content (AvgIpc) is 3.05. The summed E-state index contributed by atoms with van der Waals surface area (Å²) in [6.07, 6.45) is 3.89. The van der Waals surface area contributed by atoms with Gasteiger partial charge in [0.1, 0.15) is 22.6 Å². The molecule has 2 heterocycles. The standard InChI is InChI=1S/C18H19ClN2O3/c1-13-4-2-3-5-16(13)23-12-18(22)21-9-7-14(11-21)24-17-6-8-20-10-15(17)19/h2-6,8,10,14H,7,9,11-12H2,1H3/t14-/m1/s1. The Morgan fingerprint density at radius 3 is 2.96 bits per heavy atom. The van der Waals surface area contributed by atoms with Gasteiger partial charge in [-0.15, -0.1) is 0 Å². The zero-order valence-electron chi connectivity index (χ0n) is 13.4. The highest BCUT2D eigenvalue weighted by Gasteiger charge is 2.28. The van der Waals surface area contributed by atoms with Crippen LogP contribution in [0.5, 0.6) is 11.5 Å². The Hall–Kier alpha value is -2.27. The zero-order valence-corrected chi connectivity index (χ0v) is 14.2. The van der Waals surface area contributed by atoms with Crippen LogP contribution in [-0.4, -0.2) is 41.6 Å².